The van der Waals surface area contributed by atoms with Crippen LogP contribution in [0.25, 0.3) is 0 Å². The highest BCUT2D eigenvalue weighted by Crippen LogP contribution is 2.18. The summed E-state index contributed by atoms with van der Waals surface area (Å²) >= 11 is 0. The van der Waals surface area contributed by atoms with E-state index in [9.17, 15) is 18.4 Å². The number of carbonyl (C=O) groups is 2. The summed E-state index contributed by atoms with van der Waals surface area (Å²) < 4.78 is 26.7. The lowest BCUT2D eigenvalue weighted by molar-refractivity contribution is -0.130. The first-order valence-electron chi connectivity index (χ1n) is 8.04. The van der Waals surface area contributed by atoms with Crippen LogP contribution in [0.2, 0.25) is 0 Å². The Morgan fingerprint density at radius 3 is 2.42 bits per heavy atom. The number of hydrogen-bond donors (Lipinski definition) is 1. The lowest BCUT2D eigenvalue weighted by atomic mass is 10.2. The number of anilines is 2. The number of hydrogen-bond acceptors (Lipinski definition) is 5. The number of aromatic nitrogens is 2. The number of nitrogens with one attached hydrogen (secondary N) is 1. The van der Waals surface area contributed by atoms with Gasteiger partial charge in [0.1, 0.15) is 17.3 Å². The van der Waals surface area contributed by atoms with Gasteiger partial charge >= 0.3 is 0 Å². The van der Waals surface area contributed by atoms with Crippen LogP contribution in [0.15, 0.2) is 30.5 Å². The first kappa shape index (κ1) is 17.7. The summed E-state index contributed by atoms with van der Waals surface area (Å²) in [4.78, 5) is 35.3. The summed E-state index contributed by atoms with van der Waals surface area (Å²) in [5.41, 5.74) is 0.160. The van der Waals surface area contributed by atoms with Crippen LogP contribution in [0.4, 0.5) is 20.4 Å². The van der Waals surface area contributed by atoms with Crippen molar-refractivity contribution in [3.05, 3.63) is 47.8 Å². The zero-order valence-electron chi connectivity index (χ0n) is 14.1. The van der Waals surface area contributed by atoms with Crippen molar-refractivity contribution in [3.63, 3.8) is 0 Å². The SMILES string of the molecule is CC(=O)N1CCN(C(=O)c2ccnc(Nc3ccc(F)cc3F)n2)CC1. The third-order valence-electron chi connectivity index (χ3n) is 4.06. The molecule has 1 fully saturated rings. The van der Waals surface area contributed by atoms with Crippen LogP contribution in [-0.4, -0.2) is 57.8 Å². The monoisotopic (exact) mass is 361 g/mol. The Morgan fingerprint density at radius 2 is 1.77 bits per heavy atom. The molecule has 0 saturated carbocycles. The zero-order valence-corrected chi connectivity index (χ0v) is 14.1. The van der Waals surface area contributed by atoms with Gasteiger partial charge in [-0.1, -0.05) is 0 Å². The Balaban J connectivity index is 1.71. The lowest BCUT2D eigenvalue weighted by Gasteiger charge is -2.34. The van der Waals surface area contributed by atoms with E-state index in [0.717, 1.165) is 12.1 Å². The van der Waals surface area contributed by atoms with Crippen molar-refractivity contribution in [1.82, 2.24) is 19.8 Å². The number of halogens is 2. The molecule has 0 aliphatic carbocycles. The van der Waals surface area contributed by atoms with Gasteiger partial charge in [0, 0.05) is 45.4 Å². The maximum atomic E-state index is 13.7. The molecule has 2 aromatic rings. The molecule has 2 heterocycles. The quantitative estimate of drug-likeness (QED) is 0.902. The number of benzene rings is 1. The van der Waals surface area contributed by atoms with Gasteiger partial charge in [-0.15, -0.1) is 0 Å². The minimum absolute atomic E-state index is 0.00562. The number of piperazine rings is 1. The van der Waals surface area contributed by atoms with E-state index in [1.165, 1.54) is 25.3 Å². The molecule has 0 spiro atoms. The minimum atomic E-state index is -0.786. The van der Waals surface area contributed by atoms with Gasteiger partial charge in [-0.3, -0.25) is 9.59 Å². The van der Waals surface area contributed by atoms with E-state index in [2.05, 4.69) is 15.3 Å². The van der Waals surface area contributed by atoms with Crippen molar-refractivity contribution in [2.45, 2.75) is 6.92 Å². The highest BCUT2D eigenvalue weighted by Gasteiger charge is 2.24. The van der Waals surface area contributed by atoms with E-state index in [1.54, 1.807) is 9.80 Å². The molecule has 1 aromatic carbocycles. The molecule has 26 heavy (non-hydrogen) atoms. The van der Waals surface area contributed by atoms with Crippen LogP contribution in [0, 0.1) is 11.6 Å². The Bertz CT molecular complexity index is 838. The Kier molecular flexibility index (Phi) is 5.06. The maximum Gasteiger partial charge on any atom is 0.272 e. The summed E-state index contributed by atoms with van der Waals surface area (Å²) in [6, 6.07) is 4.54. The maximum absolute atomic E-state index is 13.7. The largest absolute Gasteiger partial charge is 0.339 e. The van der Waals surface area contributed by atoms with E-state index in [4.69, 9.17) is 0 Å². The van der Waals surface area contributed by atoms with E-state index in [1.807, 2.05) is 0 Å². The molecule has 0 radical (unpaired) electrons. The van der Waals surface area contributed by atoms with Crippen LogP contribution in [0.3, 0.4) is 0 Å². The fraction of sp³-hybridized carbons (Fsp3) is 0.294. The first-order chi connectivity index (χ1) is 12.4. The molecule has 9 heteroatoms. The predicted molar refractivity (Wildman–Crippen MR) is 89.8 cm³/mol. The van der Waals surface area contributed by atoms with Gasteiger partial charge in [-0.25, -0.2) is 18.7 Å². The molecule has 1 aromatic heterocycles. The van der Waals surface area contributed by atoms with Gasteiger partial charge in [0.15, 0.2) is 0 Å². The molecule has 3 rings (SSSR count). The van der Waals surface area contributed by atoms with E-state index < -0.39 is 11.6 Å². The molecular formula is C17H17F2N5O2. The van der Waals surface area contributed by atoms with Crippen molar-refractivity contribution in [2.24, 2.45) is 0 Å². The Morgan fingerprint density at radius 1 is 1.08 bits per heavy atom. The predicted octanol–water partition coefficient (Wildman–Crippen LogP) is 1.80. The fourth-order valence-electron chi connectivity index (χ4n) is 2.64. The van der Waals surface area contributed by atoms with Crippen LogP contribution in [0.5, 0.6) is 0 Å². The standard InChI is InChI=1S/C17H17F2N5O2/c1-11(25)23-6-8-24(9-7-23)16(26)15-4-5-20-17(22-15)21-14-3-2-12(18)10-13(14)19/h2-5,10H,6-9H2,1H3,(H,20,21,22). The average Bonchev–Trinajstić information content (AvgIpc) is 2.64. The summed E-state index contributed by atoms with van der Waals surface area (Å²) in [6.45, 7) is 3.26. The van der Waals surface area contributed by atoms with Gasteiger partial charge in [-0.05, 0) is 18.2 Å². The van der Waals surface area contributed by atoms with Crippen molar-refractivity contribution >= 4 is 23.5 Å². The van der Waals surface area contributed by atoms with Crippen molar-refractivity contribution < 1.29 is 18.4 Å². The topological polar surface area (TPSA) is 78.4 Å². The van der Waals surface area contributed by atoms with E-state index in [0.29, 0.717) is 26.2 Å². The van der Waals surface area contributed by atoms with Gasteiger partial charge in [-0.2, -0.15) is 0 Å². The van der Waals surface area contributed by atoms with Crippen LogP contribution in [0.1, 0.15) is 17.4 Å². The Labute approximate surface area is 148 Å². The van der Waals surface area contributed by atoms with Crippen molar-refractivity contribution in [3.8, 4) is 0 Å². The number of rotatable bonds is 3. The van der Waals surface area contributed by atoms with Crippen molar-refractivity contribution in [2.75, 3.05) is 31.5 Å². The van der Waals surface area contributed by atoms with Crippen LogP contribution >= 0.6 is 0 Å². The first-order valence-corrected chi connectivity index (χ1v) is 8.04. The molecule has 1 aliphatic rings. The molecular weight excluding hydrogens is 344 g/mol. The fourth-order valence-corrected chi connectivity index (χ4v) is 2.64. The highest BCUT2D eigenvalue weighted by atomic mass is 19.1. The number of nitrogens with zero attached hydrogens (tertiary/aromatic N) is 4. The van der Waals surface area contributed by atoms with Crippen molar-refractivity contribution in [1.29, 1.82) is 0 Å². The van der Waals surface area contributed by atoms with Gasteiger partial charge in [0.25, 0.3) is 5.91 Å². The average molecular weight is 361 g/mol. The van der Waals surface area contributed by atoms with Crippen LogP contribution in [-0.2, 0) is 4.79 Å². The van der Waals surface area contributed by atoms with E-state index >= 15 is 0 Å². The summed E-state index contributed by atoms with van der Waals surface area (Å²) in [6.07, 6.45) is 1.38. The third-order valence-corrected chi connectivity index (χ3v) is 4.06. The second-order valence-corrected chi connectivity index (χ2v) is 5.81. The van der Waals surface area contributed by atoms with Crippen LogP contribution < -0.4 is 5.32 Å². The molecule has 0 unspecified atom stereocenters. The highest BCUT2D eigenvalue weighted by molar-refractivity contribution is 5.92. The minimum Gasteiger partial charge on any atom is -0.339 e. The molecule has 0 bridgehead atoms. The third kappa shape index (κ3) is 3.93. The van der Waals surface area contributed by atoms with Gasteiger partial charge in [0.05, 0.1) is 5.69 Å². The molecule has 136 valence electrons. The molecule has 2 amide bonds. The molecule has 7 nitrogen and oxygen atoms in total. The molecule has 1 N–H and O–H groups in total. The van der Waals surface area contributed by atoms with E-state index in [-0.39, 0.29) is 29.1 Å². The molecule has 1 aliphatic heterocycles. The Hall–Kier alpha value is -3.10. The number of carbonyl (C=O) groups excluding carboxylic acids is 2. The van der Waals surface area contributed by atoms with Gasteiger partial charge in [0.2, 0.25) is 11.9 Å². The van der Waals surface area contributed by atoms with Gasteiger partial charge < -0.3 is 15.1 Å². The zero-order chi connectivity index (χ0) is 18.7. The second-order valence-electron chi connectivity index (χ2n) is 5.81. The lowest BCUT2D eigenvalue weighted by Crippen LogP contribution is -2.50. The number of amides is 2. The smallest absolute Gasteiger partial charge is 0.272 e. The molecule has 1 saturated heterocycles. The second kappa shape index (κ2) is 7.42. The summed E-state index contributed by atoms with van der Waals surface area (Å²) in [5.74, 6) is -1.76. The molecule has 0 atom stereocenters. The summed E-state index contributed by atoms with van der Waals surface area (Å²) in [7, 11) is 0. The summed E-state index contributed by atoms with van der Waals surface area (Å²) in [5, 5.41) is 2.63. The normalized spacial score (nSPS) is 14.3.